The maximum atomic E-state index is 9.62. The second-order valence-electron chi connectivity index (χ2n) is 3.10. The average Bonchev–Trinajstić information content (AvgIpc) is 2.17. The van der Waals surface area contributed by atoms with Crippen LogP contribution in [0.25, 0.3) is 0 Å². The van der Waals surface area contributed by atoms with Crippen LogP contribution < -0.4 is 4.74 Å². The highest BCUT2D eigenvalue weighted by Gasteiger charge is 2.14. The number of hydrogen-bond donors (Lipinski definition) is 1. The highest BCUT2D eigenvalue weighted by molar-refractivity contribution is 7.98. The van der Waals surface area contributed by atoms with Gasteiger partial charge in [-0.2, -0.15) is 4.98 Å². The minimum absolute atomic E-state index is 0.0180. The van der Waals surface area contributed by atoms with Crippen molar-refractivity contribution in [2.75, 3.05) is 13.4 Å². The number of nitrogens with zero attached hydrogens (tertiary/aromatic N) is 2. The summed E-state index contributed by atoms with van der Waals surface area (Å²) in [5.41, 5.74) is 0. The van der Waals surface area contributed by atoms with Crippen LogP contribution in [0.15, 0.2) is 5.03 Å². The minimum Gasteiger partial charge on any atom is -0.501 e. The molecule has 0 unspecified atom stereocenters. The molecule has 1 heterocycles. The molecule has 0 aliphatic rings. The van der Waals surface area contributed by atoms with Crippen LogP contribution in [0.5, 0.6) is 11.6 Å². The fraction of sp³-hybridized carbons (Fsp3) is 0.556. The van der Waals surface area contributed by atoms with Crippen LogP contribution in [-0.4, -0.2) is 28.4 Å². The lowest BCUT2D eigenvalue weighted by molar-refractivity contribution is 0.345. The minimum atomic E-state index is 0.0180. The molecule has 0 fully saturated rings. The summed E-state index contributed by atoms with van der Waals surface area (Å²) in [7, 11) is 1.48. The zero-order valence-corrected chi connectivity index (χ0v) is 9.55. The van der Waals surface area contributed by atoms with E-state index in [1.165, 1.54) is 18.9 Å². The molecular formula is C9H14N2O2S. The summed E-state index contributed by atoms with van der Waals surface area (Å²) in [6.07, 6.45) is 1.85. The fourth-order valence-electron chi connectivity index (χ4n) is 0.973. The van der Waals surface area contributed by atoms with Crippen molar-refractivity contribution in [2.24, 2.45) is 0 Å². The van der Waals surface area contributed by atoms with Gasteiger partial charge in [0, 0.05) is 5.92 Å². The van der Waals surface area contributed by atoms with Crippen molar-refractivity contribution in [1.29, 1.82) is 0 Å². The molecule has 1 N–H and O–H groups in total. The van der Waals surface area contributed by atoms with E-state index in [0.29, 0.717) is 10.9 Å². The maximum Gasteiger partial charge on any atom is 0.261 e. The summed E-state index contributed by atoms with van der Waals surface area (Å²) >= 11 is 1.38. The molecule has 0 atom stereocenters. The third-order valence-electron chi connectivity index (χ3n) is 1.74. The largest absolute Gasteiger partial charge is 0.501 e. The molecule has 0 amide bonds. The van der Waals surface area contributed by atoms with Gasteiger partial charge in [-0.05, 0) is 6.26 Å². The van der Waals surface area contributed by atoms with Crippen molar-refractivity contribution in [3.05, 3.63) is 5.82 Å². The lowest BCUT2D eigenvalue weighted by atomic mass is 10.2. The van der Waals surface area contributed by atoms with Crippen LogP contribution in [0, 0.1) is 0 Å². The second-order valence-corrected chi connectivity index (χ2v) is 3.90. The van der Waals surface area contributed by atoms with E-state index in [9.17, 15) is 5.11 Å². The molecule has 0 saturated carbocycles. The summed E-state index contributed by atoms with van der Waals surface area (Å²) < 4.78 is 4.96. The molecule has 0 bridgehead atoms. The van der Waals surface area contributed by atoms with Crippen molar-refractivity contribution in [1.82, 2.24) is 9.97 Å². The van der Waals surface area contributed by atoms with Gasteiger partial charge in [-0.15, -0.1) is 11.8 Å². The Morgan fingerprint density at radius 2 is 2.00 bits per heavy atom. The number of aromatic nitrogens is 2. The summed E-state index contributed by atoms with van der Waals surface area (Å²) in [6, 6.07) is 0. The van der Waals surface area contributed by atoms with E-state index < -0.39 is 0 Å². The van der Waals surface area contributed by atoms with Gasteiger partial charge in [-0.1, -0.05) is 13.8 Å². The molecule has 0 aliphatic heterocycles. The smallest absolute Gasteiger partial charge is 0.261 e. The quantitative estimate of drug-likeness (QED) is 0.616. The zero-order chi connectivity index (χ0) is 10.7. The Morgan fingerprint density at radius 1 is 1.36 bits per heavy atom. The molecule has 1 aromatic heterocycles. The van der Waals surface area contributed by atoms with Crippen molar-refractivity contribution < 1.29 is 9.84 Å². The van der Waals surface area contributed by atoms with E-state index in [-0.39, 0.29) is 17.5 Å². The molecule has 1 aromatic rings. The van der Waals surface area contributed by atoms with Gasteiger partial charge >= 0.3 is 0 Å². The highest BCUT2D eigenvalue weighted by Crippen LogP contribution is 2.33. The van der Waals surface area contributed by atoms with Crippen LogP contribution in [-0.2, 0) is 0 Å². The first-order valence-corrected chi connectivity index (χ1v) is 5.51. The zero-order valence-electron chi connectivity index (χ0n) is 8.74. The molecule has 5 heteroatoms. The van der Waals surface area contributed by atoms with Crippen LogP contribution >= 0.6 is 11.8 Å². The topological polar surface area (TPSA) is 55.2 Å². The third-order valence-corrected chi connectivity index (χ3v) is 2.41. The predicted octanol–water partition coefficient (Wildman–Crippen LogP) is 2.04. The molecule has 0 aliphatic carbocycles. The number of thioether (sulfide) groups is 1. The molecule has 0 aromatic carbocycles. The SMILES string of the molecule is COc1nc(C(C)C)nc(SC)c1O. The van der Waals surface area contributed by atoms with Gasteiger partial charge in [-0.25, -0.2) is 4.98 Å². The Hall–Kier alpha value is -0.970. The summed E-state index contributed by atoms with van der Waals surface area (Å²) in [5, 5.41) is 10.2. The molecule has 78 valence electrons. The Kier molecular flexibility index (Phi) is 3.57. The lowest BCUT2D eigenvalue weighted by Crippen LogP contribution is -2.01. The van der Waals surface area contributed by atoms with Gasteiger partial charge in [0.1, 0.15) is 10.9 Å². The van der Waals surface area contributed by atoms with Crippen molar-refractivity contribution in [3.63, 3.8) is 0 Å². The molecular weight excluding hydrogens is 200 g/mol. The average molecular weight is 214 g/mol. The van der Waals surface area contributed by atoms with Crippen LogP contribution in [0.1, 0.15) is 25.6 Å². The van der Waals surface area contributed by atoms with Crippen LogP contribution in [0.3, 0.4) is 0 Å². The first kappa shape index (κ1) is 11.1. The monoisotopic (exact) mass is 214 g/mol. The van der Waals surface area contributed by atoms with Gasteiger partial charge in [0.2, 0.25) is 5.75 Å². The van der Waals surface area contributed by atoms with Crippen LogP contribution in [0.4, 0.5) is 0 Å². The molecule has 0 saturated heterocycles. The van der Waals surface area contributed by atoms with E-state index in [4.69, 9.17) is 4.74 Å². The number of aromatic hydroxyl groups is 1. The van der Waals surface area contributed by atoms with Crippen molar-refractivity contribution >= 4 is 11.8 Å². The highest BCUT2D eigenvalue weighted by atomic mass is 32.2. The van der Waals surface area contributed by atoms with E-state index >= 15 is 0 Å². The van der Waals surface area contributed by atoms with E-state index in [0.717, 1.165) is 0 Å². The second kappa shape index (κ2) is 4.50. The predicted molar refractivity (Wildman–Crippen MR) is 56.1 cm³/mol. The van der Waals surface area contributed by atoms with E-state index in [1.807, 2.05) is 20.1 Å². The van der Waals surface area contributed by atoms with Gasteiger partial charge in [0.25, 0.3) is 5.88 Å². The maximum absolute atomic E-state index is 9.62. The van der Waals surface area contributed by atoms with Crippen LogP contribution in [0.2, 0.25) is 0 Å². The van der Waals surface area contributed by atoms with E-state index in [1.54, 1.807) is 0 Å². The first-order chi connectivity index (χ1) is 6.60. The third kappa shape index (κ3) is 2.09. The lowest BCUT2D eigenvalue weighted by Gasteiger charge is -2.10. The molecule has 14 heavy (non-hydrogen) atoms. The normalized spacial score (nSPS) is 10.6. The first-order valence-electron chi connectivity index (χ1n) is 4.29. The van der Waals surface area contributed by atoms with Gasteiger partial charge in [-0.3, -0.25) is 0 Å². The Labute approximate surface area is 87.7 Å². The van der Waals surface area contributed by atoms with E-state index in [2.05, 4.69) is 9.97 Å². The Morgan fingerprint density at radius 3 is 2.43 bits per heavy atom. The standard InChI is InChI=1S/C9H14N2O2S/c1-5(2)7-10-8(13-3)6(12)9(11-7)14-4/h5,12H,1-4H3. The number of rotatable bonds is 3. The fourth-order valence-corrected chi connectivity index (χ4v) is 1.44. The summed E-state index contributed by atoms with van der Waals surface area (Å²) in [6.45, 7) is 3.99. The number of methoxy groups -OCH3 is 1. The number of hydrogen-bond acceptors (Lipinski definition) is 5. The molecule has 0 radical (unpaired) electrons. The Bertz CT molecular complexity index is 304. The van der Waals surface area contributed by atoms with Gasteiger partial charge in [0.05, 0.1) is 7.11 Å². The molecule has 1 rings (SSSR count). The number of ether oxygens (including phenoxy) is 1. The van der Waals surface area contributed by atoms with Crippen molar-refractivity contribution in [2.45, 2.75) is 24.8 Å². The Balaban J connectivity index is 3.25. The van der Waals surface area contributed by atoms with Gasteiger partial charge in [0.15, 0.2) is 0 Å². The van der Waals surface area contributed by atoms with Crippen molar-refractivity contribution in [3.8, 4) is 11.6 Å². The summed E-state index contributed by atoms with van der Waals surface area (Å²) in [4.78, 5) is 8.32. The molecule has 0 spiro atoms. The summed E-state index contributed by atoms with van der Waals surface area (Å²) in [5.74, 6) is 1.16. The van der Waals surface area contributed by atoms with Gasteiger partial charge < -0.3 is 9.84 Å². The molecule has 4 nitrogen and oxygen atoms in total.